The first-order valence-electron chi connectivity index (χ1n) is 6.66. The van der Waals surface area contributed by atoms with Gasteiger partial charge in [-0.3, -0.25) is 19.3 Å². The summed E-state index contributed by atoms with van der Waals surface area (Å²) < 4.78 is 0. The van der Waals surface area contributed by atoms with E-state index < -0.39 is 11.9 Å². The second-order valence-corrected chi connectivity index (χ2v) is 4.73. The summed E-state index contributed by atoms with van der Waals surface area (Å²) in [6.45, 7) is 1.65. The third-order valence-corrected chi connectivity index (χ3v) is 3.08. The summed E-state index contributed by atoms with van der Waals surface area (Å²) >= 11 is 0. The molecule has 0 aromatic carbocycles. The lowest BCUT2D eigenvalue weighted by molar-refractivity contribution is -0.139. The number of hydrogen-bond donors (Lipinski definition) is 2. The minimum atomic E-state index is -1.10. The minimum absolute atomic E-state index is 0.125. The normalized spacial score (nSPS) is 14.2. The molecule has 3 N–H and O–H groups in total. The summed E-state index contributed by atoms with van der Waals surface area (Å²) in [4.78, 5) is 36.8. The van der Waals surface area contributed by atoms with Crippen molar-refractivity contribution in [1.29, 1.82) is 0 Å². The maximum absolute atomic E-state index is 12.2. The highest BCUT2D eigenvalue weighted by atomic mass is 16.4. The van der Waals surface area contributed by atoms with Crippen molar-refractivity contribution in [3.63, 3.8) is 0 Å². The zero-order valence-electron chi connectivity index (χ0n) is 11.7. The number of primary amides is 1. The third kappa shape index (κ3) is 5.00. The summed E-state index contributed by atoms with van der Waals surface area (Å²) in [6, 6.07) is 0. The first kappa shape index (κ1) is 16.2. The lowest BCUT2D eigenvalue weighted by atomic mass is 10.3. The maximum atomic E-state index is 12.2. The van der Waals surface area contributed by atoms with Gasteiger partial charge in [-0.1, -0.05) is 6.08 Å². The van der Waals surface area contributed by atoms with Crippen LogP contribution in [-0.2, 0) is 14.4 Å². The molecule has 0 radical (unpaired) electrons. The van der Waals surface area contributed by atoms with Crippen LogP contribution in [0.5, 0.6) is 0 Å². The van der Waals surface area contributed by atoms with Gasteiger partial charge < -0.3 is 15.7 Å². The van der Waals surface area contributed by atoms with Crippen molar-refractivity contribution in [2.24, 2.45) is 5.73 Å². The highest BCUT2D eigenvalue weighted by molar-refractivity contribution is 5.82. The Labute approximate surface area is 118 Å². The molecule has 0 aromatic heterocycles. The van der Waals surface area contributed by atoms with Crippen molar-refractivity contribution in [2.75, 3.05) is 26.2 Å². The fourth-order valence-electron chi connectivity index (χ4n) is 2.29. The Hall–Kier alpha value is -1.89. The Morgan fingerprint density at radius 3 is 2.45 bits per heavy atom. The van der Waals surface area contributed by atoms with E-state index in [1.54, 1.807) is 4.90 Å². The molecule has 7 nitrogen and oxygen atoms in total. The predicted octanol–water partition coefficient (Wildman–Crippen LogP) is -0.225. The molecule has 0 saturated carbocycles. The van der Waals surface area contributed by atoms with E-state index >= 15 is 0 Å². The SMILES string of the molecule is CCN(C(=O)CN(CC(N)=O)CC(=O)O)C1=CCCC1. The number of carbonyl (C=O) groups is 3. The molecule has 0 spiro atoms. The second-order valence-electron chi connectivity index (χ2n) is 4.73. The molecule has 0 aromatic rings. The largest absolute Gasteiger partial charge is 0.480 e. The minimum Gasteiger partial charge on any atom is -0.480 e. The van der Waals surface area contributed by atoms with Gasteiger partial charge in [-0.25, -0.2) is 0 Å². The van der Waals surface area contributed by atoms with Crippen LogP contribution in [0.4, 0.5) is 0 Å². The Morgan fingerprint density at radius 1 is 1.30 bits per heavy atom. The number of carboxylic acids is 1. The van der Waals surface area contributed by atoms with Crippen molar-refractivity contribution in [1.82, 2.24) is 9.80 Å². The lowest BCUT2D eigenvalue weighted by Gasteiger charge is -2.26. The van der Waals surface area contributed by atoms with Crippen LogP contribution in [0.3, 0.4) is 0 Å². The van der Waals surface area contributed by atoms with Crippen molar-refractivity contribution >= 4 is 17.8 Å². The molecule has 0 fully saturated rings. The van der Waals surface area contributed by atoms with E-state index in [0.717, 1.165) is 25.0 Å². The Kier molecular flexibility index (Phi) is 6.17. The van der Waals surface area contributed by atoms with Gasteiger partial charge in [-0.15, -0.1) is 0 Å². The molecule has 0 atom stereocenters. The van der Waals surface area contributed by atoms with Crippen molar-refractivity contribution in [3.8, 4) is 0 Å². The summed E-state index contributed by atoms with van der Waals surface area (Å²) in [5, 5.41) is 8.79. The number of amides is 2. The van der Waals surface area contributed by atoms with Crippen LogP contribution in [0.15, 0.2) is 11.8 Å². The smallest absolute Gasteiger partial charge is 0.317 e. The van der Waals surface area contributed by atoms with Gasteiger partial charge in [0, 0.05) is 12.2 Å². The van der Waals surface area contributed by atoms with Gasteiger partial charge in [-0.05, 0) is 26.2 Å². The number of likely N-dealkylation sites (N-methyl/N-ethyl adjacent to an activating group) is 1. The van der Waals surface area contributed by atoms with Crippen LogP contribution in [0.1, 0.15) is 26.2 Å². The molecular formula is C13H21N3O4. The van der Waals surface area contributed by atoms with E-state index in [4.69, 9.17) is 10.8 Å². The number of carboxylic acid groups (broad SMARTS) is 1. The average Bonchev–Trinajstić information content (AvgIpc) is 2.81. The van der Waals surface area contributed by atoms with Crippen LogP contribution < -0.4 is 5.73 Å². The molecule has 0 unspecified atom stereocenters. The number of nitrogens with two attached hydrogens (primary N) is 1. The molecule has 0 heterocycles. The van der Waals surface area contributed by atoms with E-state index in [-0.39, 0.29) is 25.5 Å². The van der Waals surface area contributed by atoms with Gasteiger partial charge in [0.15, 0.2) is 0 Å². The number of hydrogen-bond acceptors (Lipinski definition) is 4. The Bertz CT molecular complexity index is 404. The molecular weight excluding hydrogens is 262 g/mol. The molecule has 112 valence electrons. The summed E-state index contributed by atoms with van der Waals surface area (Å²) in [5.74, 6) is -1.95. The highest BCUT2D eigenvalue weighted by Crippen LogP contribution is 2.21. The summed E-state index contributed by atoms with van der Waals surface area (Å²) in [6.07, 6.45) is 4.86. The van der Waals surface area contributed by atoms with Crippen LogP contribution in [-0.4, -0.2) is 58.9 Å². The van der Waals surface area contributed by atoms with Crippen molar-refractivity contribution in [2.45, 2.75) is 26.2 Å². The molecule has 0 saturated heterocycles. The van der Waals surface area contributed by atoms with Gasteiger partial charge in [0.2, 0.25) is 11.8 Å². The van der Waals surface area contributed by atoms with E-state index in [1.807, 2.05) is 13.0 Å². The molecule has 20 heavy (non-hydrogen) atoms. The number of aliphatic carboxylic acids is 1. The van der Waals surface area contributed by atoms with E-state index in [0.29, 0.717) is 6.54 Å². The average molecular weight is 283 g/mol. The molecule has 7 heteroatoms. The molecule has 1 rings (SSSR count). The fraction of sp³-hybridized carbons (Fsp3) is 0.615. The van der Waals surface area contributed by atoms with Gasteiger partial charge in [-0.2, -0.15) is 0 Å². The molecule has 1 aliphatic carbocycles. The number of allylic oxidation sites excluding steroid dienone is 2. The zero-order valence-corrected chi connectivity index (χ0v) is 11.7. The molecule has 2 amide bonds. The number of nitrogens with zero attached hydrogens (tertiary/aromatic N) is 2. The fourth-order valence-corrected chi connectivity index (χ4v) is 2.29. The van der Waals surface area contributed by atoms with Gasteiger partial charge >= 0.3 is 5.97 Å². The van der Waals surface area contributed by atoms with Gasteiger partial charge in [0.05, 0.1) is 19.6 Å². The topological polar surface area (TPSA) is 104 Å². The molecule has 1 aliphatic rings. The van der Waals surface area contributed by atoms with Crippen LogP contribution in [0, 0.1) is 0 Å². The van der Waals surface area contributed by atoms with E-state index in [2.05, 4.69) is 0 Å². The first-order valence-corrected chi connectivity index (χ1v) is 6.66. The summed E-state index contributed by atoms with van der Waals surface area (Å²) in [7, 11) is 0. The van der Waals surface area contributed by atoms with E-state index in [1.165, 1.54) is 4.90 Å². The molecule has 0 aliphatic heterocycles. The maximum Gasteiger partial charge on any atom is 0.317 e. The van der Waals surface area contributed by atoms with Crippen molar-refractivity contribution in [3.05, 3.63) is 11.8 Å². The quantitative estimate of drug-likeness (QED) is 0.640. The number of carbonyl (C=O) groups excluding carboxylic acids is 2. The number of rotatable bonds is 8. The van der Waals surface area contributed by atoms with Crippen LogP contribution in [0.25, 0.3) is 0 Å². The Morgan fingerprint density at radius 2 is 2.00 bits per heavy atom. The van der Waals surface area contributed by atoms with Crippen LogP contribution in [0.2, 0.25) is 0 Å². The summed E-state index contributed by atoms with van der Waals surface area (Å²) in [5.41, 5.74) is 6.04. The lowest BCUT2D eigenvalue weighted by Crippen LogP contribution is -2.44. The van der Waals surface area contributed by atoms with Gasteiger partial charge in [0.25, 0.3) is 0 Å². The third-order valence-electron chi connectivity index (χ3n) is 3.08. The standard InChI is InChI=1S/C13H21N3O4/c1-2-16(10-5-3-4-6-10)12(18)8-15(7-11(14)17)9-13(19)20/h5H,2-4,6-9H2,1H3,(H2,14,17)(H,19,20). The van der Waals surface area contributed by atoms with Crippen LogP contribution >= 0.6 is 0 Å². The second kappa shape index (κ2) is 7.64. The zero-order chi connectivity index (χ0) is 15.1. The first-order chi connectivity index (χ1) is 9.43. The van der Waals surface area contributed by atoms with Crippen molar-refractivity contribution < 1.29 is 19.5 Å². The molecule has 0 bridgehead atoms. The Balaban J connectivity index is 2.67. The van der Waals surface area contributed by atoms with E-state index in [9.17, 15) is 14.4 Å². The van der Waals surface area contributed by atoms with Gasteiger partial charge in [0.1, 0.15) is 0 Å². The highest BCUT2D eigenvalue weighted by Gasteiger charge is 2.22. The predicted molar refractivity (Wildman–Crippen MR) is 72.6 cm³/mol. The monoisotopic (exact) mass is 283 g/mol.